The van der Waals surface area contributed by atoms with Crippen molar-refractivity contribution < 1.29 is 17.6 Å². The first-order chi connectivity index (χ1) is 9.86. The van der Waals surface area contributed by atoms with Gasteiger partial charge in [-0.1, -0.05) is 0 Å². The van der Waals surface area contributed by atoms with Gasteiger partial charge in [-0.05, 0) is 43.9 Å². The van der Waals surface area contributed by atoms with E-state index in [4.69, 9.17) is 0 Å². The van der Waals surface area contributed by atoms with Crippen LogP contribution in [0.3, 0.4) is 0 Å². The van der Waals surface area contributed by atoms with Crippen molar-refractivity contribution in [2.45, 2.75) is 38.0 Å². The smallest absolute Gasteiger partial charge is 0.366 e. The second kappa shape index (κ2) is 5.16. The molecule has 1 saturated carbocycles. The van der Waals surface area contributed by atoms with Crippen LogP contribution in [0.2, 0.25) is 0 Å². The fourth-order valence-electron chi connectivity index (χ4n) is 2.97. The largest absolute Gasteiger partial charge is 0.419 e. The minimum absolute atomic E-state index is 0.0894. The molecule has 0 spiro atoms. The molecule has 0 aromatic heterocycles. The van der Waals surface area contributed by atoms with Crippen LogP contribution in [-0.2, 0) is 6.18 Å². The third kappa shape index (κ3) is 3.00. The van der Waals surface area contributed by atoms with Crippen molar-refractivity contribution in [3.05, 3.63) is 29.6 Å². The van der Waals surface area contributed by atoms with Crippen molar-refractivity contribution in [2.24, 2.45) is 5.92 Å². The van der Waals surface area contributed by atoms with E-state index in [1.54, 1.807) is 0 Å². The molecule has 1 aliphatic heterocycles. The normalized spacial score (nSPS) is 27.0. The minimum atomic E-state index is -4.66. The first-order valence-corrected chi connectivity index (χ1v) is 7.23. The number of hydrogen-bond donors (Lipinski definition) is 1. The van der Waals surface area contributed by atoms with Gasteiger partial charge >= 0.3 is 6.18 Å². The molecule has 1 aromatic carbocycles. The monoisotopic (exact) mass is 302 g/mol. The Bertz CT molecular complexity index is 525. The van der Waals surface area contributed by atoms with E-state index in [1.807, 2.05) is 11.8 Å². The third-order valence-corrected chi connectivity index (χ3v) is 4.38. The molecule has 116 valence electrons. The van der Waals surface area contributed by atoms with Crippen LogP contribution in [0, 0.1) is 11.7 Å². The van der Waals surface area contributed by atoms with E-state index in [1.165, 1.54) is 18.9 Å². The second-order valence-electron chi connectivity index (χ2n) is 6.02. The molecule has 0 amide bonds. The number of benzene rings is 1. The highest BCUT2D eigenvalue weighted by Gasteiger charge is 2.38. The molecular formula is C15H18F4N2. The minimum Gasteiger partial charge on any atom is -0.366 e. The van der Waals surface area contributed by atoms with E-state index in [9.17, 15) is 17.6 Å². The summed E-state index contributed by atoms with van der Waals surface area (Å²) in [5.74, 6) is -0.588. The van der Waals surface area contributed by atoms with Crippen LogP contribution in [0.1, 0.15) is 25.3 Å². The van der Waals surface area contributed by atoms with Crippen molar-refractivity contribution in [1.82, 2.24) is 5.32 Å². The molecule has 2 atom stereocenters. The highest BCUT2D eigenvalue weighted by atomic mass is 19.4. The summed E-state index contributed by atoms with van der Waals surface area (Å²) in [5, 5.41) is 3.45. The summed E-state index contributed by atoms with van der Waals surface area (Å²) in [6, 6.07) is 3.70. The number of hydrogen-bond acceptors (Lipinski definition) is 2. The molecule has 2 unspecified atom stereocenters. The summed E-state index contributed by atoms with van der Waals surface area (Å²) in [6.45, 7) is 3.38. The molecule has 3 rings (SSSR count). The van der Waals surface area contributed by atoms with Gasteiger partial charge in [-0.2, -0.15) is 13.2 Å². The van der Waals surface area contributed by atoms with Crippen LogP contribution in [0.5, 0.6) is 0 Å². The van der Waals surface area contributed by atoms with Crippen LogP contribution < -0.4 is 10.2 Å². The van der Waals surface area contributed by atoms with E-state index in [0.717, 1.165) is 18.7 Å². The average molecular weight is 302 g/mol. The first-order valence-electron chi connectivity index (χ1n) is 7.23. The van der Waals surface area contributed by atoms with Crippen molar-refractivity contribution in [2.75, 3.05) is 18.0 Å². The van der Waals surface area contributed by atoms with Gasteiger partial charge in [0.15, 0.2) is 0 Å². The lowest BCUT2D eigenvalue weighted by molar-refractivity contribution is -0.139. The summed E-state index contributed by atoms with van der Waals surface area (Å²) >= 11 is 0. The maximum Gasteiger partial charge on any atom is 0.419 e. The molecule has 6 heteroatoms. The van der Waals surface area contributed by atoms with Crippen molar-refractivity contribution in [3.63, 3.8) is 0 Å². The van der Waals surface area contributed by atoms with Gasteiger partial charge in [0.25, 0.3) is 0 Å². The van der Waals surface area contributed by atoms with Crippen LogP contribution in [0.25, 0.3) is 0 Å². The van der Waals surface area contributed by atoms with Gasteiger partial charge < -0.3 is 10.2 Å². The van der Waals surface area contributed by atoms with E-state index < -0.39 is 17.6 Å². The van der Waals surface area contributed by atoms with Gasteiger partial charge in [0.1, 0.15) is 5.82 Å². The Labute approximate surface area is 121 Å². The van der Waals surface area contributed by atoms with Crippen LogP contribution >= 0.6 is 0 Å². The number of piperazine rings is 1. The fourth-order valence-corrected chi connectivity index (χ4v) is 2.97. The number of nitrogens with one attached hydrogen (secondary N) is 1. The van der Waals surface area contributed by atoms with E-state index in [0.29, 0.717) is 24.2 Å². The average Bonchev–Trinajstić information content (AvgIpc) is 3.23. The summed E-state index contributed by atoms with van der Waals surface area (Å²) < 4.78 is 51.9. The van der Waals surface area contributed by atoms with Gasteiger partial charge in [0.05, 0.1) is 5.56 Å². The lowest BCUT2D eigenvalue weighted by Gasteiger charge is -2.41. The Morgan fingerprint density at radius 2 is 1.95 bits per heavy atom. The molecule has 2 fully saturated rings. The Morgan fingerprint density at radius 3 is 2.57 bits per heavy atom. The number of anilines is 1. The van der Waals surface area contributed by atoms with Crippen molar-refractivity contribution >= 4 is 5.69 Å². The van der Waals surface area contributed by atoms with Gasteiger partial charge in [-0.25, -0.2) is 4.39 Å². The molecule has 0 radical (unpaired) electrons. The zero-order valence-electron chi connectivity index (χ0n) is 11.8. The van der Waals surface area contributed by atoms with Crippen molar-refractivity contribution in [3.8, 4) is 0 Å². The van der Waals surface area contributed by atoms with Gasteiger partial charge in [-0.3, -0.25) is 0 Å². The molecule has 21 heavy (non-hydrogen) atoms. The Balaban J connectivity index is 1.87. The Morgan fingerprint density at radius 1 is 1.24 bits per heavy atom. The third-order valence-electron chi connectivity index (χ3n) is 4.38. The summed E-state index contributed by atoms with van der Waals surface area (Å²) in [7, 11) is 0. The predicted molar refractivity (Wildman–Crippen MR) is 72.7 cm³/mol. The van der Waals surface area contributed by atoms with Gasteiger partial charge in [0.2, 0.25) is 0 Å². The molecule has 1 aromatic rings. The second-order valence-corrected chi connectivity index (χ2v) is 6.02. The molecule has 1 heterocycles. The zero-order chi connectivity index (χ0) is 15.2. The molecule has 0 bridgehead atoms. The highest BCUT2D eigenvalue weighted by Crippen LogP contribution is 2.37. The van der Waals surface area contributed by atoms with Crippen molar-refractivity contribution in [1.29, 1.82) is 0 Å². The SMILES string of the molecule is CC1CNC(C2CC2)CN1c1ccc(F)c(C(F)(F)F)c1. The maximum absolute atomic E-state index is 13.4. The standard InChI is InChI=1S/C15H18F4N2/c1-9-7-20-14(10-2-3-10)8-21(9)11-4-5-13(16)12(6-11)15(17,18)19/h4-6,9-10,14,20H,2-3,7-8H2,1H3. The number of rotatable bonds is 2. The lowest BCUT2D eigenvalue weighted by atomic mass is 10.0. The lowest BCUT2D eigenvalue weighted by Crippen LogP contribution is -2.56. The number of alkyl halides is 3. The Kier molecular flexibility index (Phi) is 3.59. The predicted octanol–water partition coefficient (Wildman–Crippen LogP) is 3.42. The van der Waals surface area contributed by atoms with Gasteiger partial charge in [0, 0.05) is 30.9 Å². The summed E-state index contributed by atoms with van der Waals surface area (Å²) in [4.78, 5) is 1.95. The van der Waals surface area contributed by atoms with E-state index in [2.05, 4.69) is 5.32 Å². The highest BCUT2D eigenvalue weighted by molar-refractivity contribution is 5.51. The quantitative estimate of drug-likeness (QED) is 0.842. The molecule has 1 saturated heterocycles. The van der Waals surface area contributed by atoms with E-state index >= 15 is 0 Å². The fraction of sp³-hybridized carbons (Fsp3) is 0.600. The maximum atomic E-state index is 13.4. The Hall–Kier alpha value is -1.30. The molecule has 2 nitrogen and oxygen atoms in total. The van der Waals surface area contributed by atoms with E-state index in [-0.39, 0.29) is 6.04 Å². The zero-order valence-corrected chi connectivity index (χ0v) is 11.8. The first kappa shape index (κ1) is 14.6. The molecule has 1 aliphatic carbocycles. The van der Waals surface area contributed by atoms with Crippen LogP contribution in [0.15, 0.2) is 18.2 Å². The molecule has 2 aliphatic rings. The molecule has 1 N–H and O–H groups in total. The summed E-state index contributed by atoms with van der Waals surface area (Å²) in [5.41, 5.74) is -0.739. The van der Waals surface area contributed by atoms with Gasteiger partial charge in [-0.15, -0.1) is 0 Å². The molecular weight excluding hydrogens is 284 g/mol. The summed E-state index contributed by atoms with van der Waals surface area (Å²) in [6.07, 6.45) is -2.30. The van der Waals surface area contributed by atoms with Crippen LogP contribution in [0.4, 0.5) is 23.2 Å². The number of halogens is 4. The number of nitrogens with zero attached hydrogens (tertiary/aromatic N) is 1. The van der Waals surface area contributed by atoms with Crippen LogP contribution in [-0.4, -0.2) is 25.2 Å². The topological polar surface area (TPSA) is 15.3 Å².